The first kappa shape index (κ1) is 14.9. The number of thiazole rings is 1. The van der Waals surface area contributed by atoms with Crippen molar-refractivity contribution in [1.82, 2.24) is 10.3 Å². The van der Waals surface area contributed by atoms with Crippen LogP contribution < -0.4 is 5.32 Å². The van der Waals surface area contributed by atoms with Crippen LogP contribution >= 0.6 is 11.3 Å². The van der Waals surface area contributed by atoms with Gasteiger partial charge in [-0.2, -0.15) is 0 Å². The first-order valence-electron chi connectivity index (χ1n) is 7.54. The number of aromatic nitrogens is 1. The SMILES string of the molecule is CCNC(CCC1CCCCO1)Cc1csc(C)n1. The molecule has 19 heavy (non-hydrogen) atoms. The van der Waals surface area contributed by atoms with Crippen molar-refractivity contribution in [3.8, 4) is 0 Å². The highest BCUT2D eigenvalue weighted by Gasteiger charge is 2.17. The van der Waals surface area contributed by atoms with Crippen LogP contribution in [0.2, 0.25) is 0 Å². The van der Waals surface area contributed by atoms with Gasteiger partial charge in [-0.1, -0.05) is 6.92 Å². The Kier molecular flexibility index (Phi) is 6.28. The molecule has 1 saturated heterocycles. The van der Waals surface area contributed by atoms with Crippen molar-refractivity contribution in [3.63, 3.8) is 0 Å². The molecule has 2 atom stereocenters. The minimum absolute atomic E-state index is 0.493. The predicted octanol–water partition coefficient (Wildman–Crippen LogP) is 3.32. The molecule has 0 radical (unpaired) electrons. The number of ether oxygens (including phenoxy) is 1. The van der Waals surface area contributed by atoms with E-state index in [1.807, 2.05) is 0 Å². The normalized spacial score (nSPS) is 21.5. The van der Waals surface area contributed by atoms with Crippen molar-refractivity contribution in [2.24, 2.45) is 0 Å². The van der Waals surface area contributed by atoms with Gasteiger partial charge in [0.2, 0.25) is 0 Å². The van der Waals surface area contributed by atoms with Gasteiger partial charge in [-0.15, -0.1) is 11.3 Å². The molecule has 108 valence electrons. The summed E-state index contributed by atoms with van der Waals surface area (Å²) in [5.41, 5.74) is 1.23. The summed E-state index contributed by atoms with van der Waals surface area (Å²) in [6.07, 6.45) is 7.73. The van der Waals surface area contributed by atoms with Gasteiger partial charge >= 0.3 is 0 Å². The zero-order chi connectivity index (χ0) is 13.5. The van der Waals surface area contributed by atoms with Crippen LogP contribution in [0.3, 0.4) is 0 Å². The van der Waals surface area contributed by atoms with Crippen LogP contribution in [-0.4, -0.2) is 30.3 Å². The van der Waals surface area contributed by atoms with Gasteiger partial charge < -0.3 is 10.1 Å². The maximum atomic E-state index is 5.82. The van der Waals surface area contributed by atoms with E-state index in [4.69, 9.17) is 4.74 Å². The molecule has 1 fully saturated rings. The number of hydrogen-bond donors (Lipinski definition) is 1. The Morgan fingerprint density at radius 3 is 3.05 bits per heavy atom. The highest BCUT2D eigenvalue weighted by molar-refractivity contribution is 7.09. The van der Waals surface area contributed by atoms with Gasteiger partial charge in [-0.05, 0) is 45.6 Å². The van der Waals surface area contributed by atoms with Crippen LogP contribution in [0.5, 0.6) is 0 Å². The van der Waals surface area contributed by atoms with Crippen LogP contribution in [0.15, 0.2) is 5.38 Å². The van der Waals surface area contributed by atoms with Crippen molar-refractivity contribution in [2.45, 2.75) is 64.5 Å². The fourth-order valence-corrected chi connectivity index (χ4v) is 3.37. The molecule has 2 heterocycles. The summed E-state index contributed by atoms with van der Waals surface area (Å²) in [6.45, 7) is 6.24. The molecule has 1 aliphatic heterocycles. The van der Waals surface area contributed by atoms with Gasteiger partial charge in [0.05, 0.1) is 16.8 Å². The van der Waals surface area contributed by atoms with Gasteiger partial charge in [-0.3, -0.25) is 0 Å². The highest BCUT2D eigenvalue weighted by Crippen LogP contribution is 2.19. The van der Waals surface area contributed by atoms with E-state index < -0.39 is 0 Å². The van der Waals surface area contributed by atoms with E-state index in [1.165, 1.54) is 42.8 Å². The van der Waals surface area contributed by atoms with E-state index in [0.717, 1.165) is 19.6 Å². The molecule has 1 N–H and O–H groups in total. The Labute approximate surface area is 120 Å². The standard InChI is InChI=1S/C15H26N2OS/c1-3-16-13(10-14-11-19-12(2)17-14)7-8-15-6-4-5-9-18-15/h11,13,15-16H,3-10H2,1-2H3. The van der Waals surface area contributed by atoms with Crippen molar-refractivity contribution in [3.05, 3.63) is 16.1 Å². The largest absolute Gasteiger partial charge is 0.378 e. The summed E-state index contributed by atoms with van der Waals surface area (Å²) in [5.74, 6) is 0. The van der Waals surface area contributed by atoms with Crippen LogP contribution in [-0.2, 0) is 11.2 Å². The van der Waals surface area contributed by atoms with Crippen LogP contribution in [0.25, 0.3) is 0 Å². The van der Waals surface area contributed by atoms with Crippen molar-refractivity contribution < 1.29 is 4.74 Å². The quantitative estimate of drug-likeness (QED) is 0.833. The molecule has 0 bridgehead atoms. The third-order valence-electron chi connectivity index (χ3n) is 3.73. The Balaban J connectivity index is 1.78. The number of nitrogens with zero attached hydrogens (tertiary/aromatic N) is 1. The molecule has 0 aromatic carbocycles. The number of aryl methyl sites for hydroxylation is 1. The molecule has 1 aromatic heterocycles. The fraction of sp³-hybridized carbons (Fsp3) is 0.800. The molecule has 0 saturated carbocycles. The van der Waals surface area contributed by atoms with E-state index in [9.17, 15) is 0 Å². The van der Waals surface area contributed by atoms with Gasteiger partial charge in [0, 0.05) is 24.4 Å². The molecular weight excluding hydrogens is 256 g/mol. The first-order chi connectivity index (χ1) is 9.28. The average molecular weight is 282 g/mol. The summed E-state index contributed by atoms with van der Waals surface area (Å²) in [4.78, 5) is 4.57. The molecule has 1 aromatic rings. The third-order valence-corrected chi connectivity index (χ3v) is 4.55. The number of nitrogens with one attached hydrogen (secondary N) is 1. The zero-order valence-electron chi connectivity index (χ0n) is 12.2. The maximum absolute atomic E-state index is 5.82. The molecule has 1 aliphatic rings. The predicted molar refractivity (Wildman–Crippen MR) is 80.8 cm³/mol. The maximum Gasteiger partial charge on any atom is 0.0897 e. The molecule has 3 nitrogen and oxygen atoms in total. The summed E-state index contributed by atoms with van der Waals surface area (Å²) < 4.78 is 5.82. The van der Waals surface area contributed by atoms with Crippen LogP contribution in [0.1, 0.15) is 49.7 Å². The molecule has 0 aliphatic carbocycles. The smallest absolute Gasteiger partial charge is 0.0897 e. The lowest BCUT2D eigenvalue weighted by Gasteiger charge is -2.25. The monoisotopic (exact) mass is 282 g/mol. The lowest BCUT2D eigenvalue weighted by atomic mass is 9.99. The Morgan fingerprint density at radius 2 is 2.42 bits per heavy atom. The average Bonchev–Trinajstić information content (AvgIpc) is 2.83. The third kappa shape index (κ3) is 5.21. The second-order valence-corrected chi connectivity index (χ2v) is 6.44. The second-order valence-electron chi connectivity index (χ2n) is 5.38. The molecule has 0 spiro atoms. The fourth-order valence-electron chi connectivity index (χ4n) is 2.74. The molecule has 0 amide bonds. The van der Waals surface area contributed by atoms with Crippen molar-refractivity contribution in [1.29, 1.82) is 0 Å². The van der Waals surface area contributed by atoms with E-state index >= 15 is 0 Å². The number of hydrogen-bond acceptors (Lipinski definition) is 4. The second kappa shape index (κ2) is 7.98. The summed E-state index contributed by atoms with van der Waals surface area (Å²) in [6, 6.07) is 0.539. The Hall–Kier alpha value is -0.450. The summed E-state index contributed by atoms with van der Waals surface area (Å²) in [7, 11) is 0. The minimum atomic E-state index is 0.493. The van der Waals surface area contributed by atoms with Crippen molar-refractivity contribution >= 4 is 11.3 Å². The van der Waals surface area contributed by atoms with Gasteiger partial charge in [0.15, 0.2) is 0 Å². The summed E-state index contributed by atoms with van der Waals surface area (Å²) >= 11 is 1.75. The van der Waals surface area contributed by atoms with Gasteiger partial charge in [0.25, 0.3) is 0 Å². The highest BCUT2D eigenvalue weighted by atomic mass is 32.1. The summed E-state index contributed by atoms with van der Waals surface area (Å²) in [5, 5.41) is 6.95. The number of rotatable bonds is 7. The lowest BCUT2D eigenvalue weighted by molar-refractivity contribution is 0.00859. The van der Waals surface area contributed by atoms with E-state index in [0.29, 0.717) is 12.1 Å². The van der Waals surface area contributed by atoms with Gasteiger partial charge in [-0.25, -0.2) is 4.98 Å². The molecule has 4 heteroatoms. The zero-order valence-corrected chi connectivity index (χ0v) is 13.0. The first-order valence-corrected chi connectivity index (χ1v) is 8.42. The topological polar surface area (TPSA) is 34.1 Å². The van der Waals surface area contributed by atoms with Crippen LogP contribution in [0, 0.1) is 6.92 Å². The van der Waals surface area contributed by atoms with Crippen molar-refractivity contribution in [2.75, 3.05) is 13.2 Å². The van der Waals surface area contributed by atoms with Crippen LogP contribution in [0.4, 0.5) is 0 Å². The Morgan fingerprint density at radius 1 is 1.53 bits per heavy atom. The lowest BCUT2D eigenvalue weighted by Crippen LogP contribution is -2.32. The molecular formula is C15H26N2OS. The molecule has 2 unspecified atom stereocenters. The number of likely N-dealkylation sites (N-methyl/N-ethyl adjacent to an activating group) is 1. The minimum Gasteiger partial charge on any atom is -0.378 e. The van der Waals surface area contributed by atoms with E-state index in [1.54, 1.807) is 11.3 Å². The molecule has 2 rings (SSSR count). The van der Waals surface area contributed by atoms with Gasteiger partial charge in [0.1, 0.15) is 0 Å². The van der Waals surface area contributed by atoms with E-state index in [-0.39, 0.29) is 0 Å². The Bertz CT molecular complexity index is 361. The van der Waals surface area contributed by atoms with E-state index in [2.05, 4.69) is 29.5 Å².